The van der Waals surface area contributed by atoms with Gasteiger partial charge in [-0.2, -0.15) is 5.10 Å². The van der Waals surface area contributed by atoms with Crippen LogP contribution < -0.4 is 4.80 Å². The minimum absolute atomic E-state index is 0.0440. The number of hydrogen-bond donors (Lipinski definition) is 0. The number of para-hydroxylation sites is 1. The van der Waals surface area contributed by atoms with Gasteiger partial charge in [-0.05, 0) is 29.8 Å². The first-order chi connectivity index (χ1) is 13.2. The van der Waals surface area contributed by atoms with Crippen LogP contribution in [0.4, 0.5) is 5.69 Å². The summed E-state index contributed by atoms with van der Waals surface area (Å²) in [6.45, 7) is 0. The second-order valence-corrected chi connectivity index (χ2v) is 6.52. The van der Waals surface area contributed by atoms with Crippen LogP contribution in [0.25, 0.3) is 22.4 Å². The van der Waals surface area contributed by atoms with Gasteiger partial charge >= 0.3 is 0 Å². The number of non-ortho nitro benzene ring substituents is 1. The zero-order chi connectivity index (χ0) is 18.8. The zero-order valence-electron chi connectivity index (χ0n) is 14.3. The maximum absolute atomic E-state index is 10.8. The van der Waals surface area contributed by atoms with Crippen molar-refractivity contribution >= 4 is 34.2 Å². The van der Waals surface area contributed by atoms with E-state index >= 15 is 0 Å². The van der Waals surface area contributed by atoms with Crippen LogP contribution in [0.3, 0.4) is 0 Å². The molecule has 4 rings (SSSR count). The van der Waals surface area contributed by atoms with E-state index < -0.39 is 4.92 Å². The van der Waals surface area contributed by atoms with E-state index in [4.69, 9.17) is 4.42 Å². The largest absolute Gasteiger partial charge is 0.454 e. The molecule has 0 fully saturated rings. The van der Waals surface area contributed by atoms with Crippen LogP contribution in [-0.4, -0.2) is 22.9 Å². The second kappa shape index (κ2) is 7.00. The Balaban J connectivity index is 1.74. The summed E-state index contributed by atoms with van der Waals surface area (Å²) in [5, 5.41) is 18.2. The fourth-order valence-electron chi connectivity index (χ4n) is 2.65. The molecule has 0 unspecified atom stereocenters. The van der Waals surface area contributed by atoms with Crippen molar-refractivity contribution in [3.8, 4) is 11.5 Å². The molecule has 27 heavy (non-hydrogen) atoms. The molecule has 0 aliphatic carbocycles. The Hall–Kier alpha value is -3.52. The highest BCUT2D eigenvalue weighted by atomic mass is 32.1. The molecular formula is C19H14N4O3S. The van der Waals surface area contributed by atoms with Gasteiger partial charge in [0.25, 0.3) is 5.69 Å². The van der Waals surface area contributed by atoms with Crippen LogP contribution in [0.15, 0.2) is 74.5 Å². The Morgan fingerprint density at radius 1 is 1.19 bits per heavy atom. The predicted molar refractivity (Wildman–Crippen MR) is 105 cm³/mol. The van der Waals surface area contributed by atoms with Crippen molar-refractivity contribution < 1.29 is 9.34 Å². The number of hydrogen-bond acceptors (Lipinski definition) is 6. The Bertz CT molecular complexity index is 1180. The first-order valence-electron chi connectivity index (χ1n) is 8.07. The lowest BCUT2D eigenvalue weighted by Gasteiger charge is -2.00. The molecule has 2 aromatic heterocycles. The van der Waals surface area contributed by atoms with E-state index in [1.807, 2.05) is 35.7 Å². The number of benzene rings is 2. The van der Waals surface area contributed by atoms with Gasteiger partial charge in [-0.15, -0.1) is 11.3 Å². The molecule has 0 saturated heterocycles. The van der Waals surface area contributed by atoms with Gasteiger partial charge in [0, 0.05) is 29.9 Å². The first kappa shape index (κ1) is 16.9. The topological polar surface area (TPSA) is 85.9 Å². The van der Waals surface area contributed by atoms with E-state index in [0.717, 1.165) is 22.2 Å². The number of fused-ring (bicyclic) bond motifs is 1. The Morgan fingerprint density at radius 2 is 1.96 bits per heavy atom. The third-order valence-corrected chi connectivity index (χ3v) is 4.89. The fraction of sp³-hybridized carbons (Fsp3) is 0.0526. The smallest absolute Gasteiger partial charge is 0.269 e. The van der Waals surface area contributed by atoms with Crippen LogP contribution in [-0.2, 0) is 0 Å². The molecule has 8 heteroatoms. The molecule has 0 atom stereocenters. The molecule has 0 saturated carbocycles. The van der Waals surface area contributed by atoms with Crippen LogP contribution in [0.5, 0.6) is 0 Å². The van der Waals surface area contributed by atoms with Gasteiger partial charge in [-0.3, -0.25) is 15.1 Å². The summed E-state index contributed by atoms with van der Waals surface area (Å²) in [4.78, 5) is 15.3. The first-order valence-corrected chi connectivity index (χ1v) is 8.95. The Labute approximate surface area is 157 Å². The van der Waals surface area contributed by atoms with Crippen LogP contribution in [0, 0.1) is 10.1 Å². The SMILES string of the molecule is CN=c1scc(-c2cc3ccccc3o2)n1N=Cc1ccc([N+](=O)[O-])cc1. The Kier molecular flexibility index (Phi) is 4.39. The quantitative estimate of drug-likeness (QED) is 0.302. The highest BCUT2D eigenvalue weighted by molar-refractivity contribution is 7.07. The summed E-state index contributed by atoms with van der Waals surface area (Å²) in [5.74, 6) is 0.697. The van der Waals surface area contributed by atoms with Crippen molar-refractivity contribution in [3.63, 3.8) is 0 Å². The molecule has 0 bridgehead atoms. The minimum Gasteiger partial charge on any atom is -0.454 e. The van der Waals surface area contributed by atoms with Crippen LogP contribution >= 0.6 is 11.3 Å². The average Bonchev–Trinajstić information content (AvgIpc) is 3.29. The second-order valence-electron chi connectivity index (χ2n) is 5.68. The van der Waals surface area contributed by atoms with Gasteiger partial charge in [0.15, 0.2) is 5.76 Å². The molecular weight excluding hydrogens is 364 g/mol. The monoisotopic (exact) mass is 378 g/mol. The molecule has 2 heterocycles. The Morgan fingerprint density at radius 3 is 2.67 bits per heavy atom. The van der Waals surface area contributed by atoms with E-state index in [1.54, 1.807) is 30.1 Å². The molecule has 134 valence electrons. The van der Waals surface area contributed by atoms with Gasteiger partial charge in [-0.1, -0.05) is 18.2 Å². The number of nitrogens with zero attached hydrogens (tertiary/aromatic N) is 4. The lowest BCUT2D eigenvalue weighted by molar-refractivity contribution is -0.384. The van der Waals surface area contributed by atoms with Crippen LogP contribution in [0.1, 0.15) is 5.56 Å². The van der Waals surface area contributed by atoms with Gasteiger partial charge in [-0.25, -0.2) is 4.68 Å². The molecule has 4 aromatic rings. The lowest BCUT2D eigenvalue weighted by atomic mass is 10.2. The van der Waals surface area contributed by atoms with Crippen molar-refractivity contribution in [3.05, 3.63) is 80.5 Å². The predicted octanol–water partition coefficient (Wildman–Crippen LogP) is 4.28. The van der Waals surface area contributed by atoms with Crippen molar-refractivity contribution in [2.24, 2.45) is 10.1 Å². The van der Waals surface area contributed by atoms with Crippen LogP contribution in [0.2, 0.25) is 0 Å². The van der Waals surface area contributed by atoms with E-state index in [2.05, 4.69) is 10.1 Å². The standard InChI is InChI=1S/C19H14N4O3S/c1-20-19-22(21-11-13-6-8-15(9-7-13)23(24)25)16(12-27-19)18-10-14-4-2-3-5-17(14)26-18/h2-12H,1H3. The van der Waals surface area contributed by atoms with Gasteiger partial charge in [0.1, 0.15) is 11.3 Å². The lowest BCUT2D eigenvalue weighted by Crippen LogP contribution is -2.11. The average molecular weight is 378 g/mol. The molecule has 0 amide bonds. The molecule has 2 aromatic carbocycles. The number of furan rings is 1. The summed E-state index contributed by atoms with van der Waals surface area (Å²) in [6.07, 6.45) is 1.64. The normalized spacial score (nSPS) is 12.3. The molecule has 0 aliphatic rings. The van der Waals surface area contributed by atoms with Gasteiger partial charge < -0.3 is 4.42 Å². The third kappa shape index (κ3) is 3.30. The number of nitro benzene ring substituents is 1. The van der Waals surface area contributed by atoms with E-state index in [-0.39, 0.29) is 5.69 Å². The summed E-state index contributed by atoms with van der Waals surface area (Å²) >= 11 is 1.46. The summed E-state index contributed by atoms with van der Waals surface area (Å²) in [5.41, 5.74) is 2.38. The van der Waals surface area contributed by atoms with E-state index in [9.17, 15) is 10.1 Å². The highest BCUT2D eigenvalue weighted by Gasteiger charge is 2.12. The fourth-order valence-corrected chi connectivity index (χ4v) is 3.43. The summed E-state index contributed by atoms with van der Waals surface area (Å²) in [6, 6.07) is 16.0. The van der Waals surface area contributed by atoms with E-state index in [0.29, 0.717) is 10.6 Å². The number of thiazole rings is 1. The van der Waals surface area contributed by atoms with Crippen molar-refractivity contribution in [2.75, 3.05) is 7.05 Å². The summed E-state index contributed by atoms with van der Waals surface area (Å²) in [7, 11) is 1.70. The maximum atomic E-state index is 10.8. The van der Waals surface area contributed by atoms with E-state index in [1.165, 1.54) is 23.5 Å². The molecule has 0 N–H and O–H groups in total. The van der Waals surface area contributed by atoms with Gasteiger partial charge in [0.05, 0.1) is 11.1 Å². The molecule has 0 radical (unpaired) electrons. The van der Waals surface area contributed by atoms with Gasteiger partial charge in [0.2, 0.25) is 4.80 Å². The van der Waals surface area contributed by atoms with Crippen molar-refractivity contribution in [1.82, 2.24) is 4.68 Å². The number of nitro groups is 1. The van der Waals surface area contributed by atoms with Crippen molar-refractivity contribution in [1.29, 1.82) is 0 Å². The minimum atomic E-state index is -0.428. The third-order valence-electron chi connectivity index (χ3n) is 3.98. The molecule has 0 spiro atoms. The highest BCUT2D eigenvalue weighted by Crippen LogP contribution is 2.28. The number of rotatable bonds is 4. The molecule has 0 aliphatic heterocycles. The zero-order valence-corrected chi connectivity index (χ0v) is 15.1. The summed E-state index contributed by atoms with van der Waals surface area (Å²) < 4.78 is 7.64. The maximum Gasteiger partial charge on any atom is 0.269 e. The number of aromatic nitrogens is 1. The molecule has 7 nitrogen and oxygen atoms in total. The van der Waals surface area contributed by atoms with Crippen molar-refractivity contribution in [2.45, 2.75) is 0 Å².